The topological polar surface area (TPSA) is 75.4 Å². The number of nitrogen functional groups attached to an aromatic ring is 1. The first kappa shape index (κ1) is 18.3. The molecule has 0 aliphatic rings. The van der Waals surface area contributed by atoms with Crippen LogP contribution in [0.25, 0.3) is 0 Å². The second kappa shape index (κ2) is 8.07. The monoisotopic (exact) mass is 381 g/mol. The van der Waals surface area contributed by atoms with Crippen LogP contribution in [-0.4, -0.2) is 39.5 Å². The molecule has 0 amide bonds. The first-order valence-electron chi connectivity index (χ1n) is 6.78. The SMILES string of the molecule is CCN(CC)CCCNS(=O)(=O)c1cc(Br)c(F)cc1N. The summed E-state index contributed by atoms with van der Waals surface area (Å²) >= 11 is 2.96. The van der Waals surface area contributed by atoms with Gasteiger partial charge in [0.1, 0.15) is 10.7 Å². The highest BCUT2D eigenvalue weighted by Gasteiger charge is 2.19. The van der Waals surface area contributed by atoms with Gasteiger partial charge < -0.3 is 10.6 Å². The predicted molar refractivity (Wildman–Crippen MR) is 86.1 cm³/mol. The Bertz CT molecular complexity index is 577. The molecule has 21 heavy (non-hydrogen) atoms. The van der Waals surface area contributed by atoms with Crippen LogP contribution in [0.4, 0.5) is 10.1 Å². The molecule has 0 aliphatic heterocycles. The number of sulfonamides is 1. The maximum Gasteiger partial charge on any atom is 0.242 e. The molecule has 1 aromatic carbocycles. The lowest BCUT2D eigenvalue weighted by molar-refractivity contribution is 0.300. The minimum atomic E-state index is -3.73. The fraction of sp³-hybridized carbons (Fsp3) is 0.538. The van der Waals surface area contributed by atoms with Crippen molar-refractivity contribution in [1.82, 2.24) is 9.62 Å². The Morgan fingerprint density at radius 2 is 1.95 bits per heavy atom. The first-order valence-corrected chi connectivity index (χ1v) is 9.06. The third-order valence-electron chi connectivity index (χ3n) is 3.18. The Labute approximate surface area is 133 Å². The molecule has 8 heteroatoms. The molecule has 0 heterocycles. The zero-order valence-corrected chi connectivity index (χ0v) is 14.6. The van der Waals surface area contributed by atoms with Crippen LogP contribution in [-0.2, 0) is 10.0 Å². The summed E-state index contributed by atoms with van der Waals surface area (Å²) in [6.45, 7) is 7.11. The Morgan fingerprint density at radius 3 is 2.52 bits per heavy atom. The molecule has 120 valence electrons. The van der Waals surface area contributed by atoms with Crippen molar-refractivity contribution in [2.75, 3.05) is 31.9 Å². The molecule has 0 saturated heterocycles. The van der Waals surface area contributed by atoms with Crippen molar-refractivity contribution >= 4 is 31.6 Å². The highest BCUT2D eigenvalue weighted by molar-refractivity contribution is 9.10. The number of nitrogens with two attached hydrogens (primary N) is 1. The Balaban J connectivity index is 2.68. The Kier molecular flexibility index (Phi) is 7.05. The molecule has 0 fully saturated rings. The lowest BCUT2D eigenvalue weighted by Gasteiger charge is -2.17. The fourth-order valence-electron chi connectivity index (χ4n) is 1.90. The van der Waals surface area contributed by atoms with Crippen LogP contribution < -0.4 is 10.5 Å². The summed E-state index contributed by atoms with van der Waals surface area (Å²) in [5.74, 6) is -0.590. The molecule has 0 bridgehead atoms. The Morgan fingerprint density at radius 1 is 1.33 bits per heavy atom. The van der Waals surface area contributed by atoms with Crippen LogP contribution >= 0.6 is 15.9 Å². The summed E-state index contributed by atoms with van der Waals surface area (Å²) in [4.78, 5) is 2.09. The van der Waals surface area contributed by atoms with Gasteiger partial charge in [-0.05, 0) is 54.1 Å². The van der Waals surface area contributed by atoms with E-state index in [4.69, 9.17) is 5.73 Å². The first-order chi connectivity index (χ1) is 9.81. The summed E-state index contributed by atoms with van der Waals surface area (Å²) in [6.07, 6.45) is 0.698. The molecule has 0 saturated carbocycles. The molecule has 1 rings (SSSR count). The number of halogens is 2. The van der Waals surface area contributed by atoms with Crippen molar-refractivity contribution in [2.24, 2.45) is 0 Å². The molecular weight excluding hydrogens is 361 g/mol. The summed E-state index contributed by atoms with van der Waals surface area (Å²) < 4.78 is 40.1. The van der Waals surface area contributed by atoms with Gasteiger partial charge in [-0.15, -0.1) is 0 Å². The van der Waals surface area contributed by atoms with Crippen molar-refractivity contribution in [2.45, 2.75) is 25.2 Å². The van der Waals surface area contributed by atoms with E-state index in [0.717, 1.165) is 25.7 Å². The maximum atomic E-state index is 13.3. The summed E-state index contributed by atoms with van der Waals surface area (Å²) in [6, 6.07) is 2.17. The van der Waals surface area contributed by atoms with Gasteiger partial charge >= 0.3 is 0 Å². The highest BCUT2D eigenvalue weighted by Crippen LogP contribution is 2.25. The number of anilines is 1. The van der Waals surface area contributed by atoms with E-state index >= 15 is 0 Å². The predicted octanol–water partition coefficient (Wildman–Crippen LogP) is 2.18. The van der Waals surface area contributed by atoms with Gasteiger partial charge in [0.05, 0.1) is 10.2 Å². The van der Waals surface area contributed by atoms with Gasteiger partial charge in [-0.3, -0.25) is 0 Å². The fourth-order valence-corrected chi connectivity index (χ4v) is 3.61. The van der Waals surface area contributed by atoms with E-state index in [9.17, 15) is 12.8 Å². The molecule has 1 aromatic rings. The molecule has 0 aromatic heterocycles. The number of nitrogens with zero attached hydrogens (tertiary/aromatic N) is 1. The van der Waals surface area contributed by atoms with Gasteiger partial charge in [0.15, 0.2) is 0 Å². The number of hydrogen-bond acceptors (Lipinski definition) is 4. The van der Waals surface area contributed by atoms with Gasteiger partial charge in [-0.2, -0.15) is 0 Å². The lowest BCUT2D eigenvalue weighted by Crippen LogP contribution is -2.30. The van der Waals surface area contributed by atoms with Crippen LogP contribution in [0.3, 0.4) is 0 Å². The van der Waals surface area contributed by atoms with Crippen molar-refractivity contribution < 1.29 is 12.8 Å². The van der Waals surface area contributed by atoms with Gasteiger partial charge in [0.2, 0.25) is 10.0 Å². The largest absolute Gasteiger partial charge is 0.398 e. The van der Waals surface area contributed by atoms with Gasteiger partial charge in [-0.25, -0.2) is 17.5 Å². The minimum absolute atomic E-state index is 0.0696. The normalized spacial score (nSPS) is 12.0. The van der Waals surface area contributed by atoms with Crippen LogP contribution in [0.1, 0.15) is 20.3 Å². The van der Waals surface area contributed by atoms with E-state index in [2.05, 4.69) is 39.4 Å². The zero-order valence-electron chi connectivity index (χ0n) is 12.2. The van der Waals surface area contributed by atoms with Crippen molar-refractivity contribution in [3.8, 4) is 0 Å². The summed E-state index contributed by atoms with van der Waals surface area (Å²) in [5.41, 5.74) is 5.48. The second-order valence-corrected chi connectivity index (χ2v) is 7.17. The molecule has 0 atom stereocenters. The molecule has 0 radical (unpaired) electrons. The smallest absolute Gasteiger partial charge is 0.242 e. The summed E-state index contributed by atoms with van der Waals surface area (Å²) in [5, 5.41) is 0. The quantitative estimate of drug-likeness (QED) is 0.534. The van der Waals surface area contributed by atoms with E-state index in [1.165, 1.54) is 6.07 Å². The zero-order chi connectivity index (χ0) is 16.0. The number of rotatable bonds is 8. The van der Waals surface area contributed by atoms with E-state index in [1.807, 2.05) is 0 Å². The molecule has 3 N–H and O–H groups in total. The van der Waals surface area contributed by atoms with Gasteiger partial charge in [-0.1, -0.05) is 13.8 Å². The van der Waals surface area contributed by atoms with E-state index in [0.29, 0.717) is 13.0 Å². The molecule has 5 nitrogen and oxygen atoms in total. The minimum Gasteiger partial charge on any atom is -0.398 e. The van der Waals surface area contributed by atoms with Gasteiger partial charge in [0, 0.05) is 6.54 Å². The number of benzene rings is 1. The van der Waals surface area contributed by atoms with Crippen LogP contribution in [0.2, 0.25) is 0 Å². The van der Waals surface area contributed by atoms with E-state index in [-0.39, 0.29) is 15.1 Å². The lowest BCUT2D eigenvalue weighted by atomic mass is 10.3. The van der Waals surface area contributed by atoms with Crippen molar-refractivity contribution in [1.29, 1.82) is 0 Å². The number of nitrogens with one attached hydrogen (secondary N) is 1. The Hall–Kier alpha value is -0.700. The molecular formula is C13H21BrFN3O2S. The average molecular weight is 382 g/mol. The van der Waals surface area contributed by atoms with Crippen molar-refractivity contribution in [3.63, 3.8) is 0 Å². The van der Waals surface area contributed by atoms with Crippen LogP contribution in [0.15, 0.2) is 21.5 Å². The molecule has 0 spiro atoms. The van der Waals surface area contributed by atoms with Crippen molar-refractivity contribution in [3.05, 3.63) is 22.4 Å². The van der Waals surface area contributed by atoms with Crippen LogP contribution in [0, 0.1) is 5.82 Å². The third kappa shape index (κ3) is 5.21. The summed E-state index contributed by atoms with van der Waals surface area (Å²) in [7, 11) is -3.73. The van der Waals surface area contributed by atoms with E-state index in [1.54, 1.807) is 0 Å². The van der Waals surface area contributed by atoms with Gasteiger partial charge in [0.25, 0.3) is 0 Å². The second-order valence-electron chi connectivity index (χ2n) is 4.58. The third-order valence-corrected chi connectivity index (χ3v) is 5.30. The highest BCUT2D eigenvalue weighted by atomic mass is 79.9. The maximum absolute atomic E-state index is 13.3. The van der Waals surface area contributed by atoms with E-state index < -0.39 is 15.8 Å². The molecule has 0 aliphatic carbocycles. The number of hydrogen-bond donors (Lipinski definition) is 2. The average Bonchev–Trinajstić information content (AvgIpc) is 2.43. The standard InChI is InChI=1S/C13H21BrFN3O2S/c1-3-18(4-2)7-5-6-17-21(19,20)13-8-10(14)11(15)9-12(13)16/h8-9,17H,3-7,16H2,1-2H3. The van der Waals surface area contributed by atoms with Crippen LogP contribution in [0.5, 0.6) is 0 Å². The molecule has 0 unspecified atom stereocenters.